The van der Waals surface area contributed by atoms with Crippen LogP contribution in [-0.4, -0.2) is 94.0 Å². The van der Waals surface area contributed by atoms with Crippen molar-refractivity contribution in [3.05, 3.63) is 61.2 Å². The Morgan fingerprint density at radius 1 is 1.28 bits per heavy atom. The van der Waals surface area contributed by atoms with E-state index < -0.39 is 47.5 Å². The van der Waals surface area contributed by atoms with E-state index in [0.29, 0.717) is 25.9 Å². The number of aliphatic hydroxyl groups excluding tert-OH is 1. The van der Waals surface area contributed by atoms with Crippen LogP contribution in [0.15, 0.2) is 55.6 Å². The summed E-state index contributed by atoms with van der Waals surface area (Å²) < 4.78 is 12.0. The highest BCUT2D eigenvalue weighted by molar-refractivity contribution is 9.09. The van der Waals surface area contributed by atoms with Crippen LogP contribution in [0.2, 0.25) is 0 Å². The number of halogens is 1. The Hall–Kier alpha value is -3.02. The van der Waals surface area contributed by atoms with Crippen LogP contribution in [0.5, 0.6) is 0 Å². The van der Waals surface area contributed by atoms with E-state index in [2.05, 4.69) is 34.4 Å². The minimum absolute atomic E-state index is 0.0498. The molecular weight excluding hydrogens is 618 g/mol. The molecule has 1 aromatic rings. The summed E-state index contributed by atoms with van der Waals surface area (Å²) in [6, 6.07) is 7.53. The number of carbonyl (C=O) groups excluding carboxylic acids is 4. The number of amides is 3. The SMILES string of the molecule is C=CCCC(=O)OC[C@H](NC(=O)[C@H]1[C@@H]2O[C@@]3(CC2Br)[C@@H]1C(=O)N(CCO)[C@@H]3C(=O)N(CC=C)CCCC)c1ccccc1. The average Bonchev–Trinajstić information content (AvgIpc) is 3.59. The second-order valence-corrected chi connectivity index (χ2v) is 12.5. The third-order valence-corrected chi connectivity index (χ3v) is 9.44. The van der Waals surface area contributed by atoms with Crippen molar-refractivity contribution >= 4 is 39.6 Å². The number of benzene rings is 1. The van der Waals surface area contributed by atoms with Gasteiger partial charge in [0.2, 0.25) is 17.7 Å². The zero-order valence-corrected chi connectivity index (χ0v) is 26.2. The smallest absolute Gasteiger partial charge is 0.306 e. The highest BCUT2D eigenvalue weighted by Crippen LogP contribution is 2.60. The Kier molecular flexibility index (Phi) is 11.2. The topological polar surface area (TPSA) is 125 Å². The molecule has 0 saturated carbocycles. The highest BCUT2D eigenvalue weighted by atomic mass is 79.9. The van der Waals surface area contributed by atoms with Gasteiger partial charge < -0.3 is 29.7 Å². The molecule has 0 aliphatic carbocycles. The number of carbonyl (C=O) groups is 4. The maximum atomic E-state index is 14.1. The molecule has 2 bridgehead atoms. The lowest BCUT2D eigenvalue weighted by atomic mass is 9.70. The zero-order chi connectivity index (χ0) is 31.1. The molecule has 0 radical (unpaired) electrons. The first-order valence-electron chi connectivity index (χ1n) is 15.0. The quantitative estimate of drug-likeness (QED) is 0.159. The van der Waals surface area contributed by atoms with Gasteiger partial charge in [-0.25, -0.2) is 0 Å². The molecule has 3 fully saturated rings. The number of fused-ring (bicyclic) bond motifs is 1. The molecule has 7 atom stereocenters. The molecule has 11 heteroatoms. The van der Waals surface area contributed by atoms with Crippen molar-refractivity contribution in [3.8, 4) is 0 Å². The number of nitrogens with zero attached hydrogens (tertiary/aromatic N) is 2. The molecule has 234 valence electrons. The standard InChI is InChI=1S/C32H42BrN3O7/c1-4-7-14-24(38)42-20-23(21-12-10-9-11-13-21)34-29(39)25-26-30(40)36(17-18-37)28(32(26)19-22(33)27(25)43-32)31(41)35(15-6-3)16-8-5-2/h4,6,9-13,22-23,25-28,37H,1,3,5,7-8,14-20H2,2H3,(H,34,39)/t22?,23-,25+,26-,27+,28+,32-/m0/s1. The molecule has 2 N–H and O–H groups in total. The van der Waals surface area contributed by atoms with Crippen LogP contribution in [0.1, 0.15) is 50.6 Å². The van der Waals surface area contributed by atoms with Crippen LogP contribution in [0.4, 0.5) is 0 Å². The molecule has 1 spiro atoms. The normalized spacial score (nSPS) is 27.8. The first kappa shape index (κ1) is 32.9. The number of alkyl halides is 1. The monoisotopic (exact) mass is 659 g/mol. The Morgan fingerprint density at radius 2 is 2.02 bits per heavy atom. The third kappa shape index (κ3) is 6.58. The summed E-state index contributed by atoms with van der Waals surface area (Å²) in [7, 11) is 0. The first-order chi connectivity index (χ1) is 20.7. The van der Waals surface area contributed by atoms with E-state index in [0.717, 1.165) is 18.4 Å². The van der Waals surface area contributed by atoms with E-state index in [4.69, 9.17) is 9.47 Å². The minimum Gasteiger partial charge on any atom is -0.463 e. The molecule has 0 aromatic heterocycles. The van der Waals surface area contributed by atoms with Gasteiger partial charge in [0.15, 0.2) is 0 Å². The number of hydrogen-bond acceptors (Lipinski definition) is 7. The number of nitrogens with one attached hydrogen (secondary N) is 1. The third-order valence-electron chi connectivity index (χ3n) is 8.59. The lowest BCUT2D eigenvalue weighted by molar-refractivity contribution is -0.148. The first-order valence-corrected chi connectivity index (χ1v) is 15.9. The fraction of sp³-hybridized carbons (Fsp3) is 0.562. The molecule has 3 aliphatic heterocycles. The van der Waals surface area contributed by atoms with E-state index in [1.54, 1.807) is 17.1 Å². The number of unbranched alkanes of at least 4 members (excludes halogenated alkanes) is 1. The molecule has 3 heterocycles. The second kappa shape index (κ2) is 14.6. The Labute approximate surface area is 261 Å². The maximum Gasteiger partial charge on any atom is 0.306 e. The zero-order valence-electron chi connectivity index (χ0n) is 24.7. The van der Waals surface area contributed by atoms with Gasteiger partial charge in [0.25, 0.3) is 0 Å². The fourth-order valence-corrected chi connectivity index (χ4v) is 7.61. The van der Waals surface area contributed by atoms with Crippen LogP contribution in [0.25, 0.3) is 0 Å². The van der Waals surface area contributed by atoms with Crippen LogP contribution in [0.3, 0.4) is 0 Å². The van der Waals surface area contributed by atoms with Crippen LogP contribution < -0.4 is 5.32 Å². The minimum atomic E-state index is -1.23. The summed E-state index contributed by atoms with van der Waals surface area (Å²) >= 11 is 3.68. The van der Waals surface area contributed by atoms with Crippen LogP contribution in [0, 0.1) is 11.8 Å². The van der Waals surface area contributed by atoms with Crippen molar-refractivity contribution in [2.24, 2.45) is 11.8 Å². The molecule has 10 nitrogen and oxygen atoms in total. The fourth-order valence-electron chi connectivity index (χ4n) is 6.67. The summed E-state index contributed by atoms with van der Waals surface area (Å²) in [5.41, 5.74) is -0.486. The van der Waals surface area contributed by atoms with Gasteiger partial charge in [0, 0.05) is 30.9 Å². The molecular formula is C32H42BrN3O7. The molecule has 3 amide bonds. The molecule has 1 unspecified atom stereocenters. The Balaban J connectivity index is 1.63. The van der Waals surface area contributed by atoms with Gasteiger partial charge in [-0.3, -0.25) is 19.2 Å². The summed E-state index contributed by atoms with van der Waals surface area (Å²) in [5, 5.41) is 12.9. The second-order valence-electron chi connectivity index (χ2n) is 11.3. The van der Waals surface area contributed by atoms with Crippen LogP contribution >= 0.6 is 15.9 Å². The van der Waals surface area contributed by atoms with Gasteiger partial charge >= 0.3 is 5.97 Å². The van der Waals surface area contributed by atoms with E-state index >= 15 is 0 Å². The van der Waals surface area contributed by atoms with E-state index in [9.17, 15) is 24.3 Å². The summed E-state index contributed by atoms with van der Waals surface area (Å²) in [4.78, 5) is 57.3. The van der Waals surface area contributed by atoms with E-state index in [1.165, 1.54) is 4.90 Å². The maximum absolute atomic E-state index is 14.1. The number of hydrogen-bond donors (Lipinski definition) is 2. The molecule has 3 aliphatic rings. The number of allylic oxidation sites excluding steroid dienone is 1. The van der Waals surface area contributed by atoms with Gasteiger partial charge in [0.05, 0.1) is 30.6 Å². The highest BCUT2D eigenvalue weighted by Gasteiger charge is 2.76. The number of esters is 1. The van der Waals surface area contributed by atoms with E-state index in [1.807, 2.05) is 37.3 Å². The molecule has 43 heavy (non-hydrogen) atoms. The Morgan fingerprint density at radius 3 is 2.67 bits per heavy atom. The van der Waals surface area contributed by atoms with Crippen molar-refractivity contribution in [2.45, 2.75) is 67.6 Å². The predicted octanol–water partition coefficient (Wildman–Crippen LogP) is 2.91. The lowest BCUT2D eigenvalue weighted by Gasteiger charge is -2.37. The van der Waals surface area contributed by atoms with E-state index in [-0.39, 0.29) is 42.8 Å². The number of ether oxygens (including phenoxy) is 2. The number of likely N-dealkylation sites (tertiary alicyclic amines) is 1. The van der Waals surface area contributed by atoms with Crippen molar-refractivity contribution in [1.29, 1.82) is 0 Å². The summed E-state index contributed by atoms with van der Waals surface area (Å²) in [5.74, 6) is -3.28. The van der Waals surface area contributed by atoms with Crippen LogP contribution in [-0.2, 0) is 28.7 Å². The number of β-amino-alcohol motifs (C(OH)–C–C–N with tert-alkyl or cyclic N) is 1. The van der Waals surface area contributed by atoms with Crippen molar-refractivity contribution in [2.75, 3.05) is 32.8 Å². The molecule has 4 rings (SSSR count). The Bertz CT molecular complexity index is 1200. The molecule has 3 saturated heterocycles. The predicted molar refractivity (Wildman–Crippen MR) is 164 cm³/mol. The van der Waals surface area contributed by atoms with Crippen molar-refractivity contribution in [1.82, 2.24) is 15.1 Å². The lowest BCUT2D eigenvalue weighted by Crippen LogP contribution is -2.57. The summed E-state index contributed by atoms with van der Waals surface area (Å²) in [6.45, 7) is 9.80. The van der Waals surface area contributed by atoms with Gasteiger partial charge in [-0.15, -0.1) is 13.2 Å². The average molecular weight is 661 g/mol. The van der Waals surface area contributed by atoms with Crippen molar-refractivity contribution in [3.63, 3.8) is 0 Å². The van der Waals surface area contributed by atoms with Gasteiger partial charge in [-0.2, -0.15) is 0 Å². The summed E-state index contributed by atoms with van der Waals surface area (Å²) in [6.07, 6.45) is 5.34. The van der Waals surface area contributed by atoms with Gasteiger partial charge in [-0.1, -0.05) is 71.8 Å². The largest absolute Gasteiger partial charge is 0.463 e. The van der Waals surface area contributed by atoms with Gasteiger partial charge in [-0.05, 0) is 24.8 Å². The number of rotatable bonds is 16. The van der Waals surface area contributed by atoms with Gasteiger partial charge in [0.1, 0.15) is 18.2 Å². The molecule has 1 aromatic carbocycles. The van der Waals surface area contributed by atoms with Crippen molar-refractivity contribution < 1.29 is 33.8 Å². The number of aliphatic hydroxyl groups is 1.